The van der Waals surface area contributed by atoms with Gasteiger partial charge in [-0.15, -0.1) is 0 Å². The van der Waals surface area contributed by atoms with Crippen LogP contribution in [0.15, 0.2) is 18.2 Å². The summed E-state index contributed by atoms with van der Waals surface area (Å²) in [5, 5.41) is 3.32. The molecule has 1 aromatic carbocycles. The van der Waals surface area contributed by atoms with Crippen LogP contribution < -0.4 is 10.2 Å². The maximum Gasteiger partial charge on any atom is 0.125 e. The van der Waals surface area contributed by atoms with Crippen molar-refractivity contribution < 1.29 is 9.13 Å². The summed E-state index contributed by atoms with van der Waals surface area (Å²) >= 11 is 0. The van der Waals surface area contributed by atoms with Gasteiger partial charge in [-0.1, -0.05) is 6.92 Å². The van der Waals surface area contributed by atoms with Gasteiger partial charge >= 0.3 is 0 Å². The lowest BCUT2D eigenvalue weighted by Gasteiger charge is -2.37. The molecule has 0 saturated carbocycles. The van der Waals surface area contributed by atoms with Crippen LogP contribution in [-0.4, -0.2) is 31.8 Å². The van der Waals surface area contributed by atoms with E-state index in [9.17, 15) is 4.39 Å². The molecule has 2 rings (SSSR count). The van der Waals surface area contributed by atoms with Crippen LogP contribution in [0.4, 0.5) is 10.1 Å². The van der Waals surface area contributed by atoms with Crippen LogP contribution in [0.25, 0.3) is 0 Å². The summed E-state index contributed by atoms with van der Waals surface area (Å²) in [6, 6.07) is 5.31. The molecule has 112 valence electrons. The summed E-state index contributed by atoms with van der Waals surface area (Å²) in [4.78, 5) is 2.21. The predicted molar refractivity (Wildman–Crippen MR) is 80.6 cm³/mol. The van der Waals surface area contributed by atoms with Gasteiger partial charge in [0.25, 0.3) is 0 Å². The van der Waals surface area contributed by atoms with Crippen molar-refractivity contribution in [2.24, 2.45) is 0 Å². The molecule has 2 atom stereocenters. The molecular formula is C16H25FN2O. The fourth-order valence-corrected chi connectivity index (χ4v) is 2.72. The molecule has 1 heterocycles. The summed E-state index contributed by atoms with van der Waals surface area (Å²) in [6.07, 6.45) is 1.45. The Morgan fingerprint density at radius 3 is 2.60 bits per heavy atom. The molecule has 0 radical (unpaired) electrons. The summed E-state index contributed by atoms with van der Waals surface area (Å²) < 4.78 is 19.5. The van der Waals surface area contributed by atoms with E-state index in [1.54, 1.807) is 12.1 Å². The van der Waals surface area contributed by atoms with Crippen molar-refractivity contribution in [1.29, 1.82) is 0 Å². The zero-order chi connectivity index (χ0) is 14.5. The molecule has 0 bridgehead atoms. The first-order valence-corrected chi connectivity index (χ1v) is 7.49. The van der Waals surface area contributed by atoms with Gasteiger partial charge in [0.05, 0.1) is 12.2 Å². The number of hydrogen-bond donors (Lipinski definition) is 1. The summed E-state index contributed by atoms with van der Waals surface area (Å²) in [5.41, 5.74) is 1.96. The number of halogens is 1. The van der Waals surface area contributed by atoms with E-state index >= 15 is 0 Å². The average Bonchev–Trinajstić information content (AvgIpc) is 2.37. The molecule has 3 nitrogen and oxygen atoms in total. The van der Waals surface area contributed by atoms with Crippen LogP contribution in [0.1, 0.15) is 32.8 Å². The molecule has 0 amide bonds. The monoisotopic (exact) mass is 280 g/mol. The van der Waals surface area contributed by atoms with Gasteiger partial charge in [0.15, 0.2) is 0 Å². The fraction of sp³-hybridized carbons (Fsp3) is 0.625. The molecule has 1 aromatic rings. The number of nitrogens with zero attached hydrogens (tertiary/aromatic N) is 1. The fourth-order valence-electron chi connectivity index (χ4n) is 2.72. The van der Waals surface area contributed by atoms with Gasteiger partial charge in [-0.25, -0.2) is 4.39 Å². The Balaban J connectivity index is 2.10. The number of ether oxygens (including phenoxy) is 1. The topological polar surface area (TPSA) is 24.5 Å². The minimum absolute atomic E-state index is 0.164. The van der Waals surface area contributed by atoms with Crippen molar-refractivity contribution in [3.63, 3.8) is 0 Å². The lowest BCUT2D eigenvalue weighted by Crippen LogP contribution is -2.45. The second-order valence-electron chi connectivity index (χ2n) is 5.66. The van der Waals surface area contributed by atoms with E-state index in [0.717, 1.165) is 37.3 Å². The first-order chi connectivity index (χ1) is 9.58. The third-order valence-corrected chi connectivity index (χ3v) is 3.48. The van der Waals surface area contributed by atoms with Crippen molar-refractivity contribution in [3.05, 3.63) is 29.6 Å². The van der Waals surface area contributed by atoms with Gasteiger partial charge in [-0.3, -0.25) is 0 Å². The first-order valence-electron chi connectivity index (χ1n) is 7.49. The molecule has 20 heavy (non-hydrogen) atoms. The predicted octanol–water partition coefficient (Wildman–Crippen LogP) is 2.94. The quantitative estimate of drug-likeness (QED) is 0.839. The maximum atomic E-state index is 13.8. The van der Waals surface area contributed by atoms with Crippen molar-refractivity contribution in [2.75, 3.05) is 24.5 Å². The molecule has 0 aromatic heterocycles. The average molecular weight is 280 g/mol. The lowest BCUT2D eigenvalue weighted by atomic mass is 10.1. The Kier molecular flexibility index (Phi) is 5.38. The van der Waals surface area contributed by atoms with E-state index in [4.69, 9.17) is 4.74 Å². The third-order valence-electron chi connectivity index (χ3n) is 3.48. The number of anilines is 1. The normalized spacial score (nSPS) is 23.1. The number of hydrogen-bond acceptors (Lipinski definition) is 3. The Morgan fingerprint density at radius 1 is 1.25 bits per heavy atom. The van der Waals surface area contributed by atoms with Crippen molar-refractivity contribution >= 4 is 5.69 Å². The van der Waals surface area contributed by atoms with Crippen LogP contribution in [0.2, 0.25) is 0 Å². The van der Waals surface area contributed by atoms with Crippen LogP contribution in [0, 0.1) is 5.82 Å². The Bertz CT molecular complexity index is 428. The largest absolute Gasteiger partial charge is 0.372 e. The zero-order valence-corrected chi connectivity index (χ0v) is 12.7. The minimum Gasteiger partial charge on any atom is -0.372 e. The molecule has 4 heteroatoms. The standard InChI is InChI=1S/C16H25FN2O/c1-4-5-18-9-14-6-15(17)8-16(7-14)19-10-12(2)20-13(3)11-19/h6-8,12-13,18H,4-5,9-11H2,1-3H3. The highest BCUT2D eigenvalue weighted by atomic mass is 19.1. The Morgan fingerprint density at radius 2 is 1.95 bits per heavy atom. The molecule has 2 unspecified atom stereocenters. The van der Waals surface area contributed by atoms with Crippen LogP contribution in [-0.2, 0) is 11.3 Å². The highest BCUT2D eigenvalue weighted by Gasteiger charge is 2.22. The van der Waals surface area contributed by atoms with E-state index < -0.39 is 0 Å². The number of nitrogens with one attached hydrogen (secondary N) is 1. The lowest BCUT2D eigenvalue weighted by molar-refractivity contribution is -0.00523. The third kappa shape index (κ3) is 4.18. The van der Waals surface area contributed by atoms with E-state index in [-0.39, 0.29) is 18.0 Å². The van der Waals surface area contributed by atoms with Gasteiger partial charge < -0.3 is 15.0 Å². The summed E-state index contributed by atoms with van der Waals surface area (Å²) in [6.45, 7) is 9.55. The minimum atomic E-state index is -0.164. The number of morpholine rings is 1. The highest BCUT2D eigenvalue weighted by Crippen LogP contribution is 2.23. The number of benzene rings is 1. The van der Waals surface area contributed by atoms with Crippen LogP contribution >= 0.6 is 0 Å². The van der Waals surface area contributed by atoms with Gasteiger partial charge in [0.1, 0.15) is 5.82 Å². The maximum absolute atomic E-state index is 13.8. The van der Waals surface area contributed by atoms with Gasteiger partial charge in [-0.2, -0.15) is 0 Å². The summed E-state index contributed by atoms with van der Waals surface area (Å²) in [5.74, 6) is -0.164. The molecule has 1 aliphatic rings. The molecule has 1 fully saturated rings. The van der Waals surface area contributed by atoms with Gasteiger partial charge in [0, 0.05) is 25.3 Å². The number of rotatable bonds is 5. The Labute approximate surface area is 121 Å². The van der Waals surface area contributed by atoms with Gasteiger partial charge in [0.2, 0.25) is 0 Å². The molecule has 0 aliphatic carbocycles. The summed E-state index contributed by atoms with van der Waals surface area (Å²) in [7, 11) is 0. The molecular weight excluding hydrogens is 255 g/mol. The Hall–Kier alpha value is -1.13. The van der Waals surface area contributed by atoms with E-state index in [1.165, 1.54) is 0 Å². The van der Waals surface area contributed by atoms with Crippen LogP contribution in [0.3, 0.4) is 0 Å². The van der Waals surface area contributed by atoms with Gasteiger partial charge in [-0.05, 0) is 50.6 Å². The molecule has 1 aliphatic heterocycles. The van der Waals surface area contributed by atoms with Crippen molar-refractivity contribution in [1.82, 2.24) is 5.32 Å². The van der Waals surface area contributed by atoms with E-state index in [1.807, 2.05) is 0 Å². The first kappa shape index (κ1) is 15.3. The highest BCUT2D eigenvalue weighted by molar-refractivity contribution is 5.49. The van der Waals surface area contributed by atoms with Crippen molar-refractivity contribution in [3.8, 4) is 0 Å². The molecule has 1 saturated heterocycles. The molecule has 1 N–H and O–H groups in total. The second-order valence-corrected chi connectivity index (χ2v) is 5.66. The van der Waals surface area contributed by atoms with Crippen molar-refractivity contribution in [2.45, 2.75) is 45.9 Å². The zero-order valence-electron chi connectivity index (χ0n) is 12.7. The smallest absolute Gasteiger partial charge is 0.125 e. The second kappa shape index (κ2) is 7.04. The van der Waals surface area contributed by atoms with E-state index in [0.29, 0.717) is 6.54 Å². The van der Waals surface area contributed by atoms with Crippen LogP contribution in [0.5, 0.6) is 0 Å². The molecule has 0 spiro atoms. The van der Waals surface area contributed by atoms with E-state index in [2.05, 4.69) is 37.1 Å². The SMILES string of the molecule is CCCNCc1cc(F)cc(N2CC(C)OC(C)C2)c1.